The van der Waals surface area contributed by atoms with Crippen molar-refractivity contribution in [2.24, 2.45) is 5.41 Å². The number of nitrogens with zero attached hydrogens (tertiary/aromatic N) is 5. The van der Waals surface area contributed by atoms with Crippen molar-refractivity contribution in [3.8, 4) is 5.88 Å². The number of rotatable bonds is 3. The summed E-state index contributed by atoms with van der Waals surface area (Å²) in [5, 5.41) is 3.66. The molecule has 2 aliphatic rings. The summed E-state index contributed by atoms with van der Waals surface area (Å²) in [7, 11) is 1.46. The van der Waals surface area contributed by atoms with E-state index in [-0.39, 0.29) is 23.5 Å². The van der Waals surface area contributed by atoms with Gasteiger partial charge in [0.25, 0.3) is 11.8 Å². The number of likely N-dealkylation sites (tertiary alicyclic amines) is 1. The number of carbonyl (C=O) groups is 2. The minimum absolute atomic E-state index is 0.0979. The molecular formula is C17H19N5O4. The largest absolute Gasteiger partial charge is 0.479 e. The maximum Gasteiger partial charge on any atom is 0.292 e. The van der Waals surface area contributed by atoms with Crippen molar-refractivity contribution in [1.82, 2.24) is 20.0 Å². The second kappa shape index (κ2) is 6.40. The van der Waals surface area contributed by atoms with Crippen LogP contribution in [0.2, 0.25) is 0 Å². The Labute approximate surface area is 149 Å². The molecule has 0 unspecified atom stereocenters. The van der Waals surface area contributed by atoms with Gasteiger partial charge in [-0.15, -0.1) is 0 Å². The van der Waals surface area contributed by atoms with Crippen molar-refractivity contribution in [3.05, 3.63) is 30.5 Å². The Bertz CT molecular complexity index is 814. The molecule has 0 saturated carbocycles. The number of carbonyl (C=O) groups excluding carboxylic acids is 2. The molecule has 2 aliphatic heterocycles. The minimum Gasteiger partial charge on any atom is -0.479 e. The Morgan fingerprint density at radius 1 is 1.19 bits per heavy atom. The van der Waals surface area contributed by atoms with Gasteiger partial charge in [0.1, 0.15) is 6.33 Å². The standard InChI is InChI=1S/C17H19N5O4/c1-25-14-8-13(26-20-14)15(23)21-5-2-17(3-6-21)4-7-22(16(17)24)12-9-18-11-19-10-12/h8-11H,2-7H2,1H3. The fourth-order valence-corrected chi connectivity index (χ4v) is 3.71. The van der Waals surface area contributed by atoms with Gasteiger partial charge in [-0.2, -0.15) is 0 Å². The number of anilines is 1. The SMILES string of the molecule is COc1cc(C(=O)N2CCC3(CC2)CCN(c2cncnc2)C3=O)on1. The summed E-state index contributed by atoms with van der Waals surface area (Å²) < 4.78 is 9.97. The van der Waals surface area contributed by atoms with Crippen molar-refractivity contribution in [2.45, 2.75) is 19.3 Å². The highest BCUT2D eigenvalue weighted by atomic mass is 16.5. The zero-order chi connectivity index (χ0) is 18.1. The summed E-state index contributed by atoms with van der Waals surface area (Å²) in [5.41, 5.74) is 0.313. The number of methoxy groups -OCH3 is 1. The molecule has 2 aromatic rings. The second-order valence-corrected chi connectivity index (χ2v) is 6.61. The van der Waals surface area contributed by atoms with Crippen LogP contribution in [-0.2, 0) is 4.79 Å². The third-order valence-electron chi connectivity index (χ3n) is 5.29. The van der Waals surface area contributed by atoms with Crippen LogP contribution in [0.5, 0.6) is 5.88 Å². The van der Waals surface area contributed by atoms with Crippen LogP contribution in [0.25, 0.3) is 0 Å². The fraction of sp³-hybridized carbons (Fsp3) is 0.471. The summed E-state index contributed by atoms with van der Waals surface area (Å²) in [6.07, 6.45) is 6.79. The zero-order valence-corrected chi connectivity index (χ0v) is 14.4. The van der Waals surface area contributed by atoms with Gasteiger partial charge in [0, 0.05) is 19.6 Å². The first-order valence-corrected chi connectivity index (χ1v) is 8.50. The van der Waals surface area contributed by atoms with Gasteiger partial charge in [-0.1, -0.05) is 0 Å². The highest BCUT2D eigenvalue weighted by Crippen LogP contribution is 2.43. The van der Waals surface area contributed by atoms with Crippen LogP contribution in [0.1, 0.15) is 29.8 Å². The van der Waals surface area contributed by atoms with E-state index >= 15 is 0 Å². The van der Waals surface area contributed by atoms with Crippen LogP contribution in [0.15, 0.2) is 29.3 Å². The molecule has 2 amide bonds. The average Bonchev–Trinajstić information content (AvgIpc) is 3.29. The third kappa shape index (κ3) is 2.69. The molecule has 2 aromatic heterocycles. The molecule has 0 atom stereocenters. The Morgan fingerprint density at radius 2 is 1.88 bits per heavy atom. The highest BCUT2D eigenvalue weighted by Gasteiger charge is 2.49. The van der Waals surface area contributed by atoms with Gasteiger partial charge in [0.2, 0.25) is 11.7 Å². The Kier molecular flexibility index (Phi) is 4.06. The summed E-state index contributed by atoms with van der Waals surface area (Å²) in [6, 6.07) is 1.48. The normalized spacial score (nSPS) is 19.2. The summed E-state index contributed by atoms with van der Waals surface area (Å²) in [5.74, 6) is 0.294. The first kappa shape index (κ1) is 16.5. The predicted molar refractivity (Wildman–Crippen MR) is 89.6 cm³/mol. The molecule has 0 aliphatic carbocycles. The van der Waals surface area contributed by atoms with E-state index in [9.17, 15) is 9.59 Å². The zero-order valence-electron chi connectivity index (χ0n) is 14.4. The molecule has 1 spiro atoms. The molecule has 0 N–H and O–H groups in total. The Balaban J connectivity index is 1.43. The van der Waals surface area contributed by atoms with Gasteiger partial charge in [-0.25, -0.2) is 9.97 Å². The molecule has 26 heavy (non-hydrogen) atoms. The van der Waals surface area contributed by atoms with Gasteiger partial charge in [-0.05, 0) is 24.4 Å². The molecule has 136 valence electrons. The lowest BCUT2D eigenvalue weighted by atomic mass is 9.77. The van der Waals surface area contributed by atoms with Crippen LogP contribution >= 0.6 is 0 Å². The number of hydrogen-bond acceptors (Lipinski definition) is 7. The second-order valence-electron chi connectivity index (χ2n) is 6.61. The Morgan fingerprint density at radius 3 is 2.54 bits per heavy atom. The van der Waals surface area contributed by atoms with Gasteiger partial charge in [-0.3, -0.25) is 9.59 Å². The average molecular weight is 357 g/mol. The number of hydrogen-bond donors (Lipinski definition) is 0. The number of aromatic nitrogens is 3. The van der Waals surface area contributed by atoms with E-state index < -0.39 is 5.41 Å². The van der Waals surface area contributed by atoms with Gasteiger partial charge >= 0.3 is 0 Å². The lowest BCUT2D eigenvalue weighted by Crippen LogP contribution is -2.46. The summed E-state index contributed by atoms with van der Waals surface area (Å²) in [6.45, 7) is 1.67. The molecule has 0 bridgehead atoms. The fourth-order valence-electron chi connectivity index (χ4n) is 3.71. The monoisotopic (exact) mass is 357 g/mol. The van der Waals surface area contributed by atoms with E-state index in [4.69, 9.17) is 9.26 Å². The van der Waals surface area contributed by atoms with E-state index in [2.05, 4.69) is 15.1 Å². The Hall–Kier alpha value is -2.97. The molecule has 0 aromatic carbocycles. The van der Waals surface area contributed by atoms with Crippen LogP contribution in [0.3, 0.4) is 0 Å². The molecule has 2 saturated heterocycles. The molecular weight excluding hydrogens is 338 g/mol. The van der Waals surface area contributed by atoms with Crippen molar-refractivity contribution in [1.29, 1.82) is 0 Å². The maximum absolute atomic E-state index is 13.0. The molecule has 9 heteroatoms. The summed E-state index contributed by atoms with van der Waals surface area (Å²) >= 11 is 0. The van der Waals surface area contributed by atoms with E-state index in [0.29, 0.717) is 32.5 Å². The van der Waals surface area contributed by atoms with Crippen LogP contribution < -0.4 is 9.64 Å². The van der Waals surface area contributed by atoms with Crippen molar-refractivity contribution >= 4 is 17.5 Å². The van der Waals surface area contributed by atoms with Gasteiger partial charge in [0.05, 0.1) is 36.7 Å². The molecule has 9 nitrogen and oxygen atoms in total. The van der Waals surface area contributed by atoms with E-state index in [1.54, 1.807) is 22.2 Å². The number of amides is 2. The van der Waals surface area contributed by atoms with Crippen molar-refractivity contribution < 1.29 is 18.8 Å². The van der Waals surface area contributed by atoms with Crippen LogP contribution in [-0.4, -0.2) is 58.6 Å². The number of ether oxygens (including phenoxy) is 1. The molecule has 4 heterocycles. The van der Waals surface area contributed by atoms with Crippen LogP contribution in [0.4, 0.5) is 5.69 Å². The highest BCUT2D eigenvalue weighted by molar-refractivity contribution is 6.00. The van der Waals surface area contributed by atoms with E-state index in [1.165, 1.54) is 19.5 Å². The van der Waals surface area contributed by atoms with E-state index in [1.807, 2.05) is 0 Å². The quantitative estimate of drug-likeness (QED) is 0.811. The van der Waals surface area contributed by atoms with Crippen molar-refractivity contribution in [2.75, 3.05) is 31.6 Å². The topological polar surface area (TPSA) is 102 Å². The first-order chi connectivity index (χ1) is 12.6. The lowest BCUT2D eigenvalue weighted by molar-refractivity contribution is -0.127. The first-order valence-electron chi connectivity index (χ1n) is 8.50. The molecule has 0 radical (unpaired) electrons. The predicted octanol–water partition coefficient (Wildman–Crippen LogP) is 1.13. The molecule has 2 fully saturated rings. The maximum atomic E-state index is 13.0. The molecule has 4 rings (SSSR count). The van der Waals surface area contributed by atoms with E-state index in [0.717, 1.165) is 12.1 Å². The van der Waals surface area contributed by atoms with Crippen molar-refractivity contribution in [3.63, 3.8) is 0 Å². The van der Waals surface area contributed by atoms with Gasteiger partial charge in [0.15, 0.2) is 0 Å². The minimum atomic E-state index is -0.411. The third-order valence-corrected chi connectivity index (χ3v) is 5.29. The van der Waals surface area contributed by atoms with Crippen LogP contribution in [0, 0.1) is 5.41 Å². The van der Waals surface area contributed by atoms with Gasteiger partial charge < -0.3 is 19.1 Å². The smallest absolute Gasteiger partial charge is 0.292 e. The lowest BCUT2D eigenvalue weighted by Gasteiger charge is -2.37. The number of piperidine rings is 1. The summed E-state index contributed by atoms with van der Waals surface area (Å²) in [4.78, 5) is 36.9.